The summed E-state index contributed by atoms with van der Waals surface area (Å²) in [6.45, 7) is 3.34. The van der Waals surface area contributed by atoms with E-state index >= 15 is 0 Å². The molecule has 0 aliphatic rings. The zero-order valence-corrected chi connectivity index (χ0v) is 17.2. The molecule has 0 fully saturated rings. The summed E-state index contributed by atoms with van der Waals surface area (Å²) in [6.07, 6.45) is 0. The Morgan fingerprint density at radius 1 is 1.17 bits per heavy atom. The van der Waals surface area contributed by atoms with Gasteiger partial charge in [0.15, 0.2) is 6.61 Å². The molecule has 2 aromatic heterocycles. The highest BCUT2D eigenvalue weighted by molar-refractivity contribution is 7.18. The number of likely N-dealkylation sites (N-methyl/N-ethyl adjacent to an activating group) is 1. The number of aromatic nitrogens is 1. The predicted molar refractivity (Wildman–Crippen MR) is 112 cm³/mol. The number of para-hydroxylation sites is 2. The summed E-state index contributed by atoms with van der Waals surface area (Å²) in [5, 5.41) is 1.69. The van der Waals surface area contributed by atoms with Crippen LogP contribution in [-0.4, -0.2) is 35.4 Å². The number of fused-ring (bicyclic) bond motifs is 2. The molecule has 29 heavy (non-hydrogen) atoms. The predicted octanol–water partition coefficient (Wildman–Crippen LogP) is 4.73. The molecule has 0 saturated heterocycles. The van der Waals surface area contributed by atoms with E-state index in [-0.39, 0.29) is 24.3 Å². The minimum absolute atomic E-state index is 0.126. The van der Waals surface area contributed by atoms with E-state index in [0.29, 0.717) is 11.1 Å². The van der Waals surface area contributed by atoms with Crippen LogP contribution in [0.2, 0.25) is 0 Å². The molecule has 6 nitrogen and oxygen atoms in total. The van der Waals surface area contributed by atoms with Crippen molar-refractivity contribution in [2.24, 2.45) is 0 Å². The van der Waals surface area contributed by atoms with Crippen molar-refractivity contribution in [1.29, 1.82) is 0 Å². The largest absolute Gasteiger partial charge is 0.450 e. The molecule has 7 heteroatoms. The van der Waals surface area contributed by atoms with Gasteiger partial charge in [-0.05, 0) is 32.0 Å². The van der Waals surface area contributed by atoms with E-state index in [9.17, 15) is 9.59 Å². The number of amides is 1. The molecule has 0 N–H and O–H groups in total. The van der Waals surface area contributed by atoms with Gasteiger partial charge in [-0.2, -0.15) is 0 Å². The SMILES string of the molecule is Cc1c(C(=O)OCC(=O)N(C)[C@@H](C)c2nc3ccccc3s2)oc2ccccc12. The number of carbonyl (C=O) groups is 2. The molecule has 2 aromatic carbocycles. The molecule has 4 rings (SSSR count). The third kappa shape index (κ3) is 3.61. The smallest absolute Gasteiger partial charge is 0.375 e. The maximum Gasteiger partial charge on any atom is 0.375 e. The quantitative estimate of drug-likeness (QED) is 0.447. The fraction of sp³-hybridized carbons (Fsp3) is 0.227. The molecule has 1 amide bonds. The van der Waals surface area contributed by atoms with Gasteiger partial charge in [-0.1, -0.05) is 30.3 Å². The minimum atomic E-state index is -0.645. The Labute approximate surface area is 171 Å². The second kappa shape index (κ2) is 7.67. The molecule has 0 spiro atoms. The lowest BCUT2D eigenvalue weighted by Gasteiger charge is -2.22. The number of aryl methyl sites for hydroxylation is 1. The van der Waals surface area contributed by atoms with Crippen LogP contribution in [0.3, 0.4) is 0 Å². The van der Waals surface area contributed by atoms with Gasteiger partial charge in [0.2, 0.25) is 5.76 Å². The van der Waals surface area contributed by atoms with Crippen LogP contribution in [0, 0.1) is 6.92 Å². The highest BCUT2D eigenvalue weighted by Gasteiger charge is 2.24. The average Bonchev–Trinajstić information content (AvgIpc) is 3.32. The first-order valence-electron chi connectivity index (χ1n) is 9.22. The zero-order chi connectivity index (χ0) is 20.5. The number of hydrogen-bond donors (Lipinski definition) is 0. The van der Waals surface area contributed by atoms with Crippen LogP contribution in [-0.2, 0) is 9.53 Å². The molecule has 0 aliphatic carbocycles. The molecule has 0 bridgehead atoms. The first-order chi connectivity index (χ1) is 14.0. The first-order valence-corrected chi connectivity index (χ1v) is 10.0. The lowest BCUT2D eigenvalue weighted by molar-refractivity contribution is -0.135. The second-order valence-electron chi connectivity index (χ2n) is 6.83. The van der Waals surface area contributed by atoms with E-state index in [0.717, 1.165) is 20.6 Å². The minimum Gasteiger partial charge on any atom is -0.450 e. The van der Waals surface area contributed by atoms with Gasteiger partial charge in [-0.15, -0.1) is 11.3 Å². The van der Waals surface area contributed by atoms with Crippen LogP contribution in [0.1, 0.15) is 34.1 Å². The summed E-state index contributed by atoms with van der Waals surface area (Å²) >= 11 is 1.55. The molecule has 4 aromatic rings. The third-order valence-corrected chi connectivity index (χ3v) is 6.20. The van der Waals surface area contributed by atoms with E-state index in [4.69, 9.17) is 9.15 Å². The van der Waals surface area contributed by atoms with Crippen LogP contribution in [0.5, 0.6) is 0 Å². The van der Waals surface area contributed by atoms with E-state index in [2.05, 4.69) is 4.98 Å². The van der Waals surface area contributed by atoms with Crippen LogP contribution in [0.4, 0.5) is 0 Å². The number of furan rings is 1. The van der Waals surface area contributed by atoms with Crippen molar-refractivity contribution in [3.05, 3.63) is 64.9 Å². The van der Waals surface area contributed by atoms with E-state index in [1.807, 2.05) is 49.4 Å². The molecule has 148 valence electrons. The zero-order valence-electron chi connectivity index (χ0n) is 16.3. The van der Waals surface area contributed by atoms with Gasteiger partial charge in [0, 0.05) is 18.0 Å². The number of nitrogens with zero attached hydrogens (tertiary/aromatic N) is 2. The number of ether oxygens (including phenoxy) is 1. The number of carbonyl (C=O) groups excluding carboxylic acids is 2. The van der Waals surface area contributed by atoms with Gasteiger partial charge in [0.25, 0.3) is 5.91 Å². The highest BCUT2D eigenvalue weighted by atomic mass is 32.1. The van der Waals surface area contributed by atoms with E-state index in [1.54, 1.807) is 31.4 Å². The maximum absolute atomic E-state index is 12.6. The fourth-order valence-electron chi connectivity index (χ4n) is 3.11. The monoisotopic (exact) mass is 408 g/mol. The van der Waals surface area contributed by atoms with Gasteiger partial charge in [-0.25, -0.2) is 9.78 Å². The Morgan fingerprint density at radius 3 is 2.66 bits per heavy atom. The number of benzene rings is 2. The molecule has 1 atom stereocenters. The van der Waals surface area contributed by atoms with Crippen LogP contribution >= 0.6 is 11.3 Å². The van der Waals surface area contributed by atoms with Crippen molar-refractivity contribution >= 4 is 44.4 Å². The standard InChI is InChI=1S/C22H20N2O4S/c1-13-15-8-4-6-10-17(15)28-20(13)22(26)27-12-19(25)24(3)14(2)21-23-16-9-5-7-11-18(16)29-21/h4-11,14H,12H2,1-3H3/t14-/m0/s1. The highest BCUT2D eigenvalue weighted by Crippen LogP contribution is 2.29. The lowest BCUT2D eigenvalue weighted by atomic mass is 10.1. The summed E-state index contributed by atoms with van der Waals surface area (Å²) in [5.74, 6) is -0.826. The summed E-state index contributed by atoms with van der Waals surface area (Å²) in [5.41, 5.74) is 2.23. The number of rotatable bonds is 5. The molecule has 0 radical (unpaired) electrons. The normalized spacial score (nSPS) is 12.2. The van der Waals surface area contributed by atoms with Crippen LogP contribution < -0.4 is 0 Å². The maximum atomic E-state index is 12.6. The van der Waals surface area contributed by atoms with Crippen LogP contribution in [0.25, 0.3) is 21.2 Å². The summed E-state index contributed by atoms with van der Waals surface area (Å²) in [7, 11) is 1.68. The average molecular weight is 408 g/mol. The number of thiazole rings is 1. The Balaban J connectivity index is 1.42. The fourth-order valence-corrected chi connectivity index (χ4v) is 4.18. The molecule has 0 saturated carbocycles. The van der Waals surface area contributed by atoms with Crippen molar-refractivity contribution in [1.82, 2.24) is 9.88 Å². The van der Waals surface area contributed by atoms with Gasteiger partial charge in [0.05, 0.1) is 16.3 Å². The Hall–Kier alpha value is -3.19. The molecular weight excluding hydrogens is 388 g/mol. The number of hydrogen-bond acceptors (Lipinski definition) is 6. The Kier molecular flexibility index (Phi) is 5.07. The second-order valence-corrected chi connectivity index (χ2v) is 7.89. The van der Waals surface area contributed by atoms with Gasteiger partial charge < -0.3 is 14.1 Å². The Bertz CT molecular complexity index is 1180. The summed E-state index contributed by atoms with van der Waals surface area (Å²) < 4.78 is 11.9. The van der Waals surface area contributed by atoms with E-state index in [1.165, 1.54) is 4.90 Å². The topological polar surface area (TPSA) is 72.6 Å². The molecule has 0 unspecified atom stereocenters. The van der Waals surface area contributed by atoms with Crippen LogP contribution in [0.15, 0.2) is 52.9 Å². The summed E-state index contributed by atoms with van der Waals surface area (Å²) in [4.78, 5) is 31.1. The van der Waals surface area contributed by atoms with Crippen molar-refractivity contribution in [3.8, 4) is 0 Å². The van der Waals surface area contributed by atoms with Crippen molar-refractivity contribution < 1.29 is 18.7 Å². The van der Waals surface area contributed by atoms with Gasteiger partial charge in [-0.3, -0.25) is 4.79 Å². The first kappa shape index (κ1) is 19.1. The van der Waals surface area contributed by atoms with Gasteiger partial charge in [0.1, 0.15) is 10.6 Å². The number of esters is 1. The van der Waals surface area contributed by atoms with Crippen molar-refractivity contribution in [2.75, 3.05) is 13.7 Å². The Morgan fingerprint density at radius 2 is 1.90 bits per heavy atom. The lowest BCUT2D eigenvalue weighted by Crippen LogP contribution is -2.33. The third-order valence-electron chi connectivity index (χ3n) is 5.00. The molecule has 2 heterocycles. The van der Waals surface area contributed by atoms with Gasteiger partial charge >= 0.3 is 5.97 Å². The van der Waals surface area contributed by atoms with Crippen molar-refractivity contribution in [2.45, 2.75) is 19.9 Å². The molecule has 0 aliphatic heterocycles. The molecular formula is C22H20N2O4S. The summed E-state index contributed by atoms with van der Waals surface area (Å²) in [6, 6.07) is 15.0. The van der Waals surface area contributed by atoms with Crippen molar-refractivity contribution in [3.63, 3.8) is 0 Å². The van der Waals surface area contributed by atoms with E-state index < -0.39 is 5.97 Å².